The van der Waals surface area contributed by atoms with Crippen LogP contribution >= 0.6 is 0 Å². The highest BCUT2D eigenvalue weighted by Crippen LogP contribution is 2.33. The highest BCUT2D eigenvalue weighted by molar-refractivity contribution is 6.03. The zero-order valence-electron chi connectivity index (χ0n) is 16.6. The molecule has 1 aliphatic heterocycles. The molecule has 0 aliphatic carbocycles. The maximum atomic E-state index is 13.4. The third-order valence-corrected chi connectivity index (χ3v) is 5.17. The summed E-state index contributed by atoms with van der Waals surface area (Å²) in [6.45, 7) is 5.44. The number of rotatable bonds is 4. The summed E-state index contributed by atoms with van der Waals surface area (Å²) in [5, 5.41) is 6.02. The standard InChI is InChI=1S/C22H24FN3O2/c1-14-5-6-18(11-15(14)2)20-12-21(17-7-9-19(23)10-8-17)26(24-20)22(28)13-25(4)16(3)27/h5-11,21H,12-13H2,1-4H3. The fourth-order valence-electron chi connectivity index (χ4n) is 3.17. The van der Waals surface area contributed by atoms with E-state index < -0.39 is 0 Å². The predicted molar refractivity (Wildman–Crippen MR) is 106 cm³/mol. The van der Waals surface area contributed by atoms with Crippen molar-refractivity contribution >= 4 is 17.5 Å². The zero-order valence-corrected chi connectivity index (χ0v) is 16.6. The molecule has 0 spiro atoms. The Labute approximate surface area is 164 Å². The van der Waals surface area contributed by atoms with Crippen molar-refractivity contribution in [3.8, 4) is 0 Å². The van der Waals surface area contributed by atoms with Gasteiger partial charge in [-0.2, -0.15) is 5.10 Å². The summed E-state index contributed by atoms with van der Waals surface area (Å²) in [5.74, 6) is -0.790. The Hall–Kier alpha value is -3.02. The van der Waals surface area contributed by atoms with Crippen molar-refractivity contribution < 1.29 is 14.0 Å². The first-order valence-electron chi connectivity index (χ1n) is 9.20. The van der Waals surface area contributed by atoms with Crippen LogP contribution in [0.3, 0.4) is 0 Å². The van der Waals surface area contributed by atoms with E-state index in [4.69, 9.17) is 0 Å². The number of nitrogens with zero attached hydrogens (tertiary/aromatic N) is 3. The molecule has 146 valence electrons. The number of amides is 2. The van der Waals surface area contributed by atoms with Gasteiger partial charge in [0.05, 0.1) is 11.8 Å². The predicted octanol–water partition coefficient (Wildman–Crippen LogP) is 3.60. The number of hydrazone groups is 1. The van der Waals surface area contributed by atoms with E-state index in [1.165, 1.54) is 34.5 Å². The Morgan fingerprint density at radius 3 is 2.43 bits per heavy atom. The second kappa shape index (κ2) is 7.92. The Morgan fingerprint density at radius 1 is 1.14 bits per heavy atom. The van der Waals surface area contributed by atoms with Crippen molar-refractivity contribution in [3.05, 3.63) is 70.5 Å². The van der Waals surface area contributed by atoms with Crippen LogP contribution in [-0.2, 0) is 9.59 Å². The number of aryl methyl sites for hydroxylation is 2. The van der Waals surface area contributed by atoms with Gasteiger partial charge in [-0.1, -0.05) is 24.3 Å². The molecule has 0 aromatic heterocycles. The van der Waals surface area contributed by atoms with Gasteiger partial charge in [0.15, 0.2) is 0 Å². The van der Waals surface area contributed by atoms with Gasteiger partial charge < -0.3 is 4.90 Å². The van der Waals surface area contributed by atoms with Crippen LogP contribution in [-0.4, -0.2) is 41.0 Å². The smallest absolute Gasteiger partial charge is 0.262 e. The van der Waals surface area contributed by atoms with Crippen LogP contribution in [0.5, 0.6) is 0 Å². The summed E-state index contributed by atoms with van der Waals surface area (Å²) < 4.78 is 13.4. The summed E-state index contributed by atoms with van der Waals surface area (Å²) in [7, 11) is 1.58. The highest BCUT2D eigenvalue weighted by Gasteiger charge is 2.33. The van der Waals surface area contributed by atoms with E-state index in [1.54, 1.807) is 19.2 Å². The van der Waals surface area contributed by atoms with Crippen LogP contribution in [0.15, 0.2) is 47.6 Å². The summed E-state index contributed by atoms with van der Waals surface area (Å²) in [6, 6.07) is 11.9. The minimum absolute atomic E-state index is 0.0588. The van der Waals surface area contributed by atoms with Crippen molar-refractivity contribution in [2.75, 3.05) is 13.6 Å². The molecule has 0 saturated heterocycles. The van der Waals surface area contributed by atoms with E-state index in [1.807, 2.05) is 26.0 Å². The molecule has 2 aromatic rings. The fourth-order valence-corrected chi connectivity index (χ4v) is 3.17. The molecular formula is C22H24FN3O2. The molecule has 0 saturated carbocycles. The minimum atomic E-state index is -0.329. The molecule has 2 amide bonds. The third kappa shape index (κ3) is 4.11. The second-order valence-corrected chi connectivity index (χ2v) is 7.23. The molecule has 0 bridgehead atoms. The molecule has 28 heavy (non-hydrogen) atoms. The van der Waals surface area contributed by atoms with Gasteiger partial charge in [-0.15, -0.1) is 0 Å². The van der Waals surface area contributed by atoms with Gasteiger partial charge in [0.25, 0.3) is 5.91 Å². The molecule has 3 rings (SSSR count). The third-order valence-electron chi connectivity index (χ3n) is 5.17. The number of likely N-dealkylation sites (N-methyl/N-ethyl adjacent to an activating group) is 1. The van der Waals surface area contributed by atoms with Crippen LogP contribution in [0, 0.1) is 19.7 Å². The lowest BCUT2D eigenvalue weighted by Crippen LogP contribution is -2.38. The van der Waals surface area contributed by atoms with Gasteiger partial charge in [-0.25, -0.2) is 9.40 Å². The zero-order chi connectivity index (χ0) is 20.4. The number of carbonyl (C=O) groups is 2. The van der Waals surface area contributed by atoms with Gasteiger partial charge >= 0.3 is 0 Å². The van der Waals surface area contributed by atoms with Crippen molar-refractivity contribution in [1.29, 1.82) is 0 Å². The van der Waals surface area contributed by atoms with Crippen molar-refractivity contribution in [3.63, 3.8) is 0 Å². The lowest BCUT2D eigenvalue weighted by molar-refractivity contribution is -0.139. The van der Waals surface area contributed by atoms with E-state index in [0.29, 0.717) is 6.42 Å². The molecule has 0 radical (unpaired) electrons. The van der Waals surface area contributed by atoms with Gasteiger partial charge in [-0.05, 0) is 54.3 Å². The number of halogens is 1. The quantitative estimate of drug-likeness (QED) is 0.813. The fraction of sp³-hybridized carbons (Fsp3) is 0.318. The Bertz CT molecular complexity index is 937. The molecule has 5 nitrogen and oxygen atoms in total. The summed E-state index contributed by atoms with van der Waals surface area (Å²) in [4.78, 5) is 25.7. The Morgan fingerprint density at radius 2 is 1.82 bits per heavy atom. The summed E-state index contributed by atoms with van der Waals surface area (Å²) >= 11 is 0. The normalized spacial score (nSPS) is 16.1. The molecule has 0 N–H and O–H groups in total. The SMILES string of the molecule is CC(=O)N(C)CC(=O)N1N=C(c2ccc(C)c(C)c2)CC1c1ccc(F)cc1. The van der Waals surface area contributed by atoms with E-state index in [-0.39, 0.29) is 30.2 Å². The number of hydrogen-bond acceptors (Lipinski definition) is 3. The van der Waals surface area contributed by atoms with Crippen molar-refractivity contribution in [2.45, 2.75) is 33.2 Å². The van der Waals surface area contributed by atoms with Gasteiger partial charge in [0.2, 0.25) is 5.91 Å². The first-order valence-corrected chi connectivity index (χ1v) is 9.20. The summed E-state index contributed by atoms with van der Waals surface area (Å²) in [6.07, 6.45) is 0.531. The largest absolute Gasteiger partial charge is 0.337 e. The molecule has 1 unspecified atom stereocenters. The maximum Gasteiger partial charge on any atom is 0.262 e. The van der Waals surface area contributed by atoms with Gasteiger partial charge in [0, 0.05) is 20.4 Å². The average molecular weight is 381 g/mol. The average Bonchev–Trinajstić information content (AvgIpc) is 3.10. The molecule has 1 atom stereocenters. The molecular weight excluding hydrogens is 357 g/mol. The van der Waals surface area contributed by atoms with Crippen LogP contribution in [0.25, 0.3) is 0 Å². The van der Waals surface area contributed by atoms with Crippen LogP contribution in [0.1, 0.15) is 41.6 Å². The van der Waals surface area contributed by atoms with Gasteiger partial charge in [-0.3, -0.25) is 9.59 Å². The first kappa shape index (κ1) is 19.7. The number of carbonyl (C=O) groups excluding carboxylic acids is 2. The van der Waals surface area contributed by atoms with E-state index >= 15 is 0 Å². The number of benzene rings is 2. The maximum absolute atomic E-state index is 13.4. The molecule has 1 heterocycles. The monoisotopic (exact) mass is 381 g/mol. The topological polar surface area (TPSA) is 53.0 Å². The van der Waals surface area contributed by atoms with Gasteiger partial charge in [0.1, 0.15) is 12.4 Å². The first-order chi connectivity index (χ1) is 13.3. The minimum Gasteiger partial charge on any atom is -0.337 e. The van der Waals surface area contributed by atoms with Crippen LogP contribution in [0.4, 0.5) is 4.39 Å². The summed E-state index contributed by atoms with van der Waals surface area (Å²) in [5.41, 5.74) is 4.91. The Kier molecular flexibility index (Phi) is 5.58. The second-order valence-electron chi connectivity index (χ2n) is 7.23. The van der Waals surface area contributed by atoms with Crippen LogP contribution in [0.2, 0.25) is 0 Å². The lowest BCUT2D eigenvalue weighted by Gasteiger charge is -2.24. The molecule has 6 heteroatoms. The van der Waals surface area contributed by atoms with E-state index in [2.05, 4.69) is 11.2 Å². The molecule has 2 aromatic carbocycles. The Balaban J connectivity index is 1.94. The van der Waals surface area contributed by atoms with Crippen LogP contribution < -0.4 is 0 Å². The molecule has 1 aliphatic rings. The van der Waals surface area contributed by atoms with Crippen molar-refractivity contribution in [1.82, 2.24) is 9.91 Å². The lowest BCUT2D eigenvalue weighted by atomic mass is 9.96. The molecule has 0 fully saturated rings. The highest BCUT2D eigenvalue weighted by atomic mass is 19.1. The number of hydrogen-bond donors (Lipinski definition) is 0. The van der Waals surface area contributed by atoms with E-state index in [0.717, 1.165) is 22.4 Å². The van der Waals surface area contributed by atoms with Crippen molar-refractivity contribution in [2.24, 2.45) is 5.10 Å². The van der Waals surface area contributed by atoms with E-state index in [9.17, 15) is 14.0 Å².